The average molecular weight is 415 g/mol. The minimum atomic E-state index is -3.78. The summed E-state index contributed by atoms with van der Waals surface area (Å²) in [5, 5.41) is 3.29. The van der Waals surface area contributed by atoms with E-state index in [4.69, 9.17) is 11.6 Å². The van der Waals surface area contributed by atoms with Crippen LogP contribution in [-0.4, -0.2) is 14.3 Å². The largest absolute Gasteiger partial charge is 0.322 e. The minimum absolute atomic E-state index is 0.0852. The number of nitrogens with one attached hydrogen (secondary N) is 2. The average Bonchev–Trinajstić information content (AvgIpc) is 2.61. The third-order valence-corrected chi connectivity index (χ3v) is 5.63. The molecule has 0 spiro atoms. The predicted molar refractivity (Wildman–Crippen MR) is 113 cm³/mol. The molecule has 0 fully saturated rings. The molecule has 0 unspecified atom stereocenters. The Hall–Kier alpha value is -2.83. The summed E-state index contributed by atoms with van der Waals surface area (Å²) >= 11 is 5.80. The molecule has 1 amide bonds. The molecule has 7 heteroatoms. The first-order valence-corrected chi connectivity index (χ1v) is 10.4. The number of benzene rings is 3. The van der Waals surface area contributed by atoms with E-state index in [2.05, 4.69) is 10.0 Å². The molecule has 0 saturated carbocycles. The zero-order valence-electron chi connectivity index (χ0n) is 15.4. The van der Waals surface area contributed by atoms with E-state index in [1.807, 2.05) is 32.0 Å². The third-order valence-electron chi connectivity index (χ3n) is 3.98. The zero-order valence-corrected chi connectivity index (χ0v) is 16.9. The molecule has 0 radical (unpaired) electrons. The lowest BCUT2D eigenvalue weighted by Gasteiger charge is -2.11. The Kier molecular flexibility index (Phi) is 5.72. The van der Waals surface area contributed by atoms with Crippen molar-refractivity contribution >= 4 is 38.9 Å². The van der Waals surface area contributed by atoms with Gasteiger partial charge in [-0.3, -0.25) is 9.52 Å². The minimum Gasteiger partial charge on any atom is -0.322 e. The predicted octanol–water partition coefficient (Wildman–Crippen LogP) is 5.01. The van der Waals surface area contributed by atoms with E-state index < -0.39 is 10.0 Å². The molecule has 3 rings (SSSR count). The van der Waals surface area contributed by atoms with Crippen molar-refractivity contribution in [2.75, 3.05) is 10.0 Å². The second-order valence-electron chi connectivity index (χ2n) is 6.47. The number of rotatable bonds is 5. The number of carbonyl (C=O) groups excluding carboxylic acids is 1. The lowest BCUT2D eigenvalue weighted by molar-refractivity contribution is 0.102. The van der Waals surface area contributed by atoms with Gasteiger partial charge in [0.15, 0.2) is 0 Å². The molecule has 0 aliphatic heterocycles. The molecule has 0 atom stereocenters. The highest BCUT2D eigenvalue weighted by Crippen LogP contribution is 2.20. The molecular formula is C21H19ClN2O3S. The highest BCUT2D eigenvalue weighted by Gasteiger charge is 2.15. The number of carbonyl (C=O) groups is 1. The fraction of sp³-hybridized carbons (Fsp3) is 0.0952. The Labute approximate surface area is 169 Å². The molecule has 0 aliphatic carbocycles. The summed E-state index contributed by atoms with van der Waals surface area (Å²) in [5.74, 6) is -0.322. The second kappa shape index (κ2) is 8.04. The van der Waals surface area contributed by atoms with Gasteiger partial charge < -0.3 is 5.32 Å². The third kappa shape index (κ3) is 4.91. The molecule has 0 heterocycles. The number of amides is 1. The van der Waals surface area contributed by atoms with Crippen LogP contribution in [0.4, 0.5) is 11.4 Å². The van der Waals surface area contributed by atoms with E-state index in [0.717, 1.165) is 11.1 Å². The smallest absolute Gasteiger partial charge is 0.261 e. The number of hydrogen-bond donors (Lipinski definition) is 2. The number of aryl methyl sites for hydroxylation is 2. The van der Waals surface area contributed by atoms with Gasteiger partial charge in [0.1, 0.15) is 0 Å². The monoisotopic (exact) mass is 414 g/mol. The first-order valence-electron chi connectivity index (χ1n) is 8.51. The second-order valence-corrected chi connectivity index (χ2v) is 8.59. The maximum Gasteiger partial charge on any atom is 0.261 e. The van der Waals surface area contributed by atoms with Crippen LogP contribution in [0.15, 0.2) is 71.6 Å². The van der Waals surface area contributed by atoms with E-state index in [1.54, 1.807) is 18.2 Å². The van der Waals surface area contributed by atoms with E-state index in [1.165, 1.54) is 30.3 Å². The van der Waals surface area contributed by atoms with Crippen LogP contribution in [0.3, 0.4) is 0 Å². The van der Waals surface area contributed by atoms with Crippen LogP contribution in [0.1, 0.15) is 21.5 Å². The number of anilines is 2. The van der Waals surface area contributed by atoms with Crippen molar-refractivity contribution in [3.63, 3.8) is 0 Å². The molecule has 0 aliphatic rings. The summed E-state index contributed by atoms with van der Waals surface area (Å²) in [6.45, 7) is 3.91. The number of hydrogen-bond acceptors (Lipinski definition) is 3. The van der Waals surface area contributed by atoms with Crippen LogP contribution in [0.2, 0.25) is 5.02 Å². The van der Waals surface area contributed by atoms with Gasteiger partial charge in [-0.15, -0.1) is 0 Å². The molecule has 0 aromatic heterocycles. The van der Waals surface area contributed by atoms with Crippen LogP contribution in [0, 0.1) is 13.8 Å². The zero-order chi connectivity index (χ0) is 20.3. The summed E-state index contributed by atoms with van der Waals surface area (Å²) < 4.78 is 27.5. The molecule has 144 valence electrons. The maximum atomic E-state index is 12.6. The summed E-state index contributed by atoms with van der Waals surface area (Å²) in [7, 11) is -3.78. The van der Waals surface area contributed by atoms with Crippen molar-refractivity contribution in [3.05, 3.63) is 88.4 Å². The van der Waals surface area contributed by atoms with Crippen molar-refractivity contribution in [3.8, 4) is 0 Å². The first-order chi connectivity index (χ1) is 13.2. The van der Waals surface area contributed by atoms with Crippen molar-refractivity contribution in [1.82, 2.24) is 0 Å². The summed E-state index contributed by atoms with van der Waals surface area (Å²) in [6.07, 6.45) is 0. The van der Waals surface area contributed by atoms with Gasteiger partial charge >= 0.3 is 0 Å². The van der Waals surface area contributed by atoms with Crippen LogP contribution in [-0.2, 0) is 10.0 Å². The highest BCUT2D eigenvalue weighted by atomic mass is 35.5. The molecule has 0 saturated heterocycles. The molecule has 3 aromatic carbocycles. The Bertz CT molecular complexity index is 1110. The summed E-state index contributed by atoms with van der Waals surface area (Å²) in [5.41, 5.74) is 3.41. The SMILES string of the molecule is Cc1cc(C)cc(NC(=O)c2cccc(NS(=O)(=O)c3ccc(Cl)cc3)c2)c1. The van der Waals surface area contributed by atoms with E-state index in [9.17, 15) is 13.2 Å². The van der Waals surface area contributed by atoms with Crippen molar-refractivity contribution < 1.29 is 13.2 Å². The van der Waals surface area contributed by atoms with Gasteiger partial charge in [0, 0.05) is 22.0 Å². The fourth-order valence-corrected chi connectivity index (χ4v) is 3.98. The van der Waals surface area contributed by atoms with Gasteiger partial charge in [0.2, 0.25) is 0 Å². The van der Waals surface area contributed by atoms with Crippen molar-refractivity contribution in [1.29, 1.82) is 0 Å². The van der Waals surface area contributed by atoms with Gasteiger partial charge in [-0.1, -0.05) is 23.7 Å². The van der Waals surface area contributed by atoms with Gasteiger partial charge in [-0.25, -0.2) is 8.42 Å². The van der Waals surface area contributed by atoms with Crippen LogP contribution in [0.5, 0.6) is 0 Å². The number of sulfonamides is 1. The summed E-state index contributed by atoms with van der Waals surface area (Å²) in [6, 6.07) is 17.9. The van der Waals surface area contributed by atoms with Gasteiger partial charge in [0.25, 0.3) is 15.9 Å². The Morgan fingerprint density at radius 2 is 1.50 bits per heavy atom. The maximum absolute atomic E-state index is 12.6. The van der Waals surface area contributed by atoms with E-state index in [0.29, 0.717) is 22.0 Å². The first kappa shape index (κ1) is 19.9. The molecule has 28 heavy (non-hydrogen) atoms. The normalized spacial score (nSPS) is 11.1. The van der Waals surface area contributed by atoms with E-state index in [-0.39, 0.29) is 10.8 Å². The fourth-order valence-electron chi connectivity index (χ4n) is 2.80. The van der Waals surface area contributed by atoms with E-state index >= 15 is 0 Å². The highest BCUT2D eigenvalue weighted by molar-refractivity contribution is 7.92. The summed E-state index contributed by atoms with van der Waals surface area (Å²) in [4.78, 5) is 12.6. The Morgan fingerprint density at radius 3 is 2.14 bits per heavy atom. The van der Waals surface area contributed by atoms with Gasteiger partial charge in [-0.2, -0.15) is 0 Å². The number of halogens is 1. The van der Waals surface area contributed by atoms with Crippen molar-refractivity contribution in [2.24, 2.45) is 0 Å². The van der Waals surface area contributed by atoms with Gasteiger partial charge in [0.05, 0.1) is 4.90 Å². The lowest BCUT2D eigenvalue weighted by atomic mass is 10.1. The van der Waals surface area contributed by atoms with Crippen molar-refractivity contribution in [2.45, 2.75) is 18.7 Å². The van der Waals surface area contributed by atoms with Crippen LogP contribution >= 0.6 is 11.6 Å². The van der Waals surface area contributed by atoms with Crippen LogP contribution in [0.25, 0.3) is 0 Å². The molecular weight excluding hydrogens is 396 g/mol. The Morgan fingerprint density at radius 1 is 0.857 bits per heavy atom. The molecule has 0 bridgehead atoms. The Balaban J connectivity index is 1.79. The lowest BCUT2D eigenvalue weighted by Crippen LogP contribution is -2.15. The molecule has 2 N–H and O–H groups in total. The van der Waals surface area contributed by atoms with Crippen LogP contribution < -0.4 is 10.0 Å². The topological polar surface area (TPSA) is 75.3 Å². The quantitative estimate of drug-likeness (QED) is 0.616. The molecule has 5 nitrogen and oxygen atoms in total. The molecule has 3 aromatic rings. The standard InChI is InChI=1S/C21H19ClN2O3S/c1-14-10-15(2)12-19(11-14)23-21(25)16-4-3-5-18(13-16)24-28(26,27)20-8-6-17(22)7-9-20/h3-13,24H,1-2H3,(H,23,25). The van der Waals surface area contributed by atoms with Gasteiger partial charge in [-0.05, 0) is 79.6 Å².